The maximum atomic E-state index is 13.2. The van der Waals surface area contributed by atoms with Crippen LogP contribution in [0.25, 0.3) is 22.3 Å². The number of hydrogen-bond donors (Lipinski definition) is 0. The van der Waals surface area contributed by atoms with E-state index in [9.17, 15) is 4.79 Å². The molecule has 1 heterocycles. The van der Waals surface area contributed by atoms with E-state index < -0.39 is 0 Å². The van der Waals surface area contributed by atoms with Gasteiger partial charge in [0, 0.05) is 17.1 Å². The van der Waals surface area contributed by atoms with Gasteiger partial charge in [0.15, 0.2) is 0 Å². The van der Waals surface area contributed by atoms with E-state index >= 15 is 0 Å². The highest BCUT2D eigenvalue weighted by Crippen LogP contribution is 2.30. The Morgan fingerprint density at radius 2 is 1.81 bits per heavy atom. The van der Waals surface area contributed by atoms with Crippen LogP contribution in [0.4, 0.5) is 0 Å². The third-order valence-electron chi connectivity index (χ3n) is 5.11. The summed E-state index contributed by atoms with van der Waals surface area (Å²) in [6, 6.07) is 19.0. The van der Waals surface area contributed by atoms with Gasteiger partial charge in [0.05, 0.1) is 22.0 Å². The van der Waals surface area contributed by atoms with Crippen LogP contribution in [0, 0.1) is 13.8 Å². The van der Waals surface area contributed by atoms with Crippen LogP contribution in [0.2, 0.25) is 5.02 Å². The van der Waals surface area contributed by atoms with Gasteiger partial charge in [-0.05, 0) is 89.8 Å². The van der Waals surface area contributed by atoms with E-state index in [0.717, 1.165) is 21.3 Å². The topological polar surface area (TPSA) is 44.1 Å². The summed E-state index contributed by atoms with van der Waals surface area (Å²) >= 11 is 9.63. The van der Waals surface area contributed by atoms with E-state index in [1.807, 2.05) is 61.5 Å². The molecular formula is C25H22BrClN2O2. The van der Waals surface area contributed by atoms with Crippen LogP contribution in [-0.4, -0.2) is 16.2 Å². The second-order valence-corrected chi connectivity index (χ2v) is 8.80. The molecule has 0 saturated heterocycles. The second-order valence-electron chi connectivity index (χ2n) is 7.51. The Balaban J connectivity index is 1.62. The molecule has 0 atom stereocenters. The van der Waals surface area contributed by atoms with Crippen LogP contribution in [0.3, 0.4) is 0 Å². The number of aromatic nitrogens is 2. The minimum atomic E-state index is -0.0525. The molecule has 4 rings (SSSR count). The fourth-order valence-electron chi connectivity index (χ4n) is 3.68. The van der Waals surface area contributed by atoms with Gasteiger partial charge in [-0.2, -0.15) is 0 Å². The van der Waals surface area contributed by atoms with Crippen molar-refractivity contribution in [2.75, 3.05) is 6.61 Å². The lowest BCUT2D eigenvalue weighted by atomic mass is 10.1. The minimum absolute atomic E-state index is 0.0525. The van der Waals surface area contributed by atoms with Crippen molar-refractivity contribution in [2.24, 2.45) is 0 Å². The zero-order valence-corrected chi connectivity index (χ0v) is 19.7. The quantitative estimate of drug-likeness (QED) is 0.283. The number of nitrogens with zero attached hydrogens (tertiary/aromatic N) is 2. The summed E-state index contributed by atoms with van der Waals surface area (Å²) in [4.78, 5) is 18.0. The normalized spacial score (nSPS) is 11.1. The molecule has 0 aliphatic rings. The summed E-state index contributed by atoms with van der Waals surface area (Å²) in [5, 5.41) is 1.25. The van der Waals surface area contributed by atoms with Crippen molar-refractivity contribution in [3.8, 4) is 17.1 Å². The molecule has 0 unspecified atom stereocenters. The van der Waals surface area contributed by atoms with Crippen LogP contribution < -0.4 is 10.3 Å². The number of halogens is 2. The summed E-state index contributed by atoms with van der Waals surface area (Å²) < 4.78 is 8.70. The maximum Gasteiger partial charge on any atom is 0.261 e. The SMILES string of the molecule is Cc1cc(C)c(OCCCn2c(-c3ccc(Cl)cc3)nc3ccccc3c2=O)c(Br)c1. The molecule has 0 fully saturated rings. The molecule has 0 saturated carbocycles. The predicted molar refractivity (Wildman–Crippen MR) is 130 cm³/mol. The molecule has 0 N–H and O–H groups in total. The van der Waals surface area contributed by atoms with Crippen LogP contribution >= 0.6 is 27.5 Å². The molecule has 158 valence electrons. The van der Waals surface area contributed by atoms with E-state index in [1.54, 1.807) is 4.57 Å². The van der Waals surface area contributed by atoms with Gasteiger partial charge in [-0.15, -0.1) is 0 Å². The van der Waals surface area contributed by atoms with Gasteiger partial charge in [-0.25, -0.2) is 4.98 Å². The zero-order chi connectivity index (χ0) is 22.0. The molecule has 0 radical (unpaired) electrons. The van der Waals surface area contributed by atoms with Crippen molar-refractivity contribution in [3.63, 3.8) is 0 Å². The van der Waals surface area contributed by atoms with Gasteiger partial charge in [0.2, 0.25) is 0 Å². The average molecular weight is 498 g/mol. The minimum Gasteiger partial charge on any atom is -0.492 e. The fourth-order valence-corrected chi connectivity index (χ4v) is 4.59. The molecule has 3 aromatic carbocycles. The summed E-state index contributed by atoms with van der Waals surface area (Å²) in [6.07, 6.45) is 0.667. The number of benzene rings is 3. The van der Waals surface area contributed by atoms with Crippen molar-refractivity contribution in [1.82, 2.24) is 9.55 Å². The van der Waals surface area contributed by atoms with Crippen molar-refractivity contribution in [3.05, 3.63) is 91.6 Å². The van der Waals surface area contributed by atoms with Crippen molar-refractivity contribution in [1.29, 1.82) is 0 Å². The van der Waals surface area contributed by atoms with Crippen molar-refractivity contribution < 1.29 is 4.74 Å². The molecule has 0 aliphatic carbocycles. The van der Waals surface area contributed by atoms with Crippen LogP contribution in [0.5, 0.6) is 5.75 Å². The average Bonchev–Trinajstić information content (AvgIpc) is 2.74. The van der Waals surface area contributed by atoms with Gasteiger partial charge < -0.3 is 4.74 Å². The fraction of sp³-hybridized carbons (Fsp3) is 0.200. The molecule has 0 amide bonds. The Bertz CT molecular complexity index is 1280. The zero-order valence-electron chi connectivity index (χ0n) is 17.4. The first-order chi connectivity index (χ1) is 14.9. The first-order valence-corrected chi connectivity index (χ1v) is 11.3. The Morgan fingerprint density at radius 1 is 1.06 bits per heavy atom. The third-order valence-corrected chi connectivity index (χ3v) is 5.95. The molecule has 0 spiro atoms. The number of rotatable bonds is 6. The second kappa shape index (κ2) is 9.25. The van der Waals surface area contributed by atoms with E-state index in [0.29, 0.717) is 41.3 Å². The summed E-state index contributed by atoms with van der Waals surface area (Å²) in [7, 11) is 0. The predicted octanol–water partition coefficient (Wildman–Crippen LogP) is 6.57. The molecule has 31 heavy (non-hydrogen) atoms. The summed E-state index contributed by atoms with van der Waals surface area (Å²) in [5.41, 5.74) is 3.74. The first-order valence-electron chi connectivity index (χ1n) is 10.1. The highest BCUT2D eigenvalue weighted by Gasteiger charge is 2.13. The first kappa shape index (κ1) is 21.6. The lowest BCUT2D eigenvalue weighted by molar-refractivity contribution is 0.297. The van der Waals surface area contributed by atoms with Crippen LogP contribution in [0.15, 0.2) is 69.9 Å². The lowest BCUT2D eigenvalue weighted by Gasteiger charge is -2.15. The monoisotopic (exact) mass is 496 g/mol. The molecule has 6 heteroatoms. The van der Waals surface area contributed by atoms with Gasteiger partial charge in [-0.1, -0.05) is 29.8 Å². The smallest absolute Gasteiger partial charge is 0.261 e. The van der Waals surface area contributed by atoms with E-state index in [1.165, 1.54) is 5.56 Å². The van der Waals surface area contributed by atoms with Crippen LogP contribution in [-0.2, 0) is 6.54 Å². The maximum absolute atomic E-state index is 13.2. The Hall–Kier alpha value is -2.63. The molecular weight excluding hydrogens is 476 g/mol. The van der Waals surface area contributed by atoms with E-state index in [2.05, 4.69) is 28.9 Å². The summed E-state index contributed by atoms with van der Waals surface area (Å²) in [6.45, 7) is 5.07. The third kappa shape index (κ3) is 4.68. The molecule has 0 aliphatic heterocycles. The van der Waals surface area contributed by atoms with Gasteiger partial charge in [0.1, 0.15) is 11.6 Å². The Labute approximate surface area is 194 Å². The molecule has 1 aromatic heterocycles. The Morgan fingerprint density at radius 3 is 2.55 bits per heavy atom. The largest absolute Gasteiger partial charge is 0.492 e. The standard InChI is InChI=1S/C25H22BrClN2O2/c1-16-14-17(2)23(21(26)15-16)31-13-5-12-29-24(18-8-10-19(27)11-9-18)28-22-7-4-3-6-20(22)25(29)30/h3-4,6-11,14-15H,5,12-13H2,1-2H3. The van der Waals surface area contributed by atoms with E-state index in [4.69, 9.17) is 21.3 Å². The Kier molecular flexibility index (Phi) is 6.44. The lowest BCUT2D eigenvalue weighted by Crippen LogP contribution is -2.24. The highest BCUT2D eigenvalue weighted by molar-refractivity contribution is 9.10. The van der Waals surface area contributed by atoms with Gasteiger partial charge in [0.25, 0.3) is 5.56 Å². The molecule has 4 aromatic rings. The molecule has 0 bridgehead atoms. The van der Waals surface area contributed by atoms with E-state index in [-0.39, 0.29) is 5.56 Å². The van der Waals surface area contributed by atoms with Gasteiger partial charge in [-0.3, -0.25) is 9.36 Å². The number of para-hydroxylation sites is 1. The van der Waals surface area contributed by atoms with Crippen molar-refractivity contribution in [2.45, 2.75) is 26.8 Å². The molecule has 4 nitrogen and oxygen atoms in total. The number of hydrogen-bond acceptors (Lipinski definition) is 3. The van der Waals surface area contributed by atoms with Crippen LogP contribution in [0.1, 0.15) is 17.5 Å². The number of ether oxygens (including phenoxy) is 1. The summed E-state index contributed by atoms with van der Waals surface area (Å²) in [5.74, 6) is 1.47. The van der Waals surface area contributed by atoms with Crippen molar-refractivity contribution >= 4 is 38.4 Å². The number of fused-ring (bicyclic) bond motifs is 1. The van der Waals surface area contributed by atoms with Gasteiger partial charge >= 0.3 is 0 Å². The number of aryl methyl sites for hydroxylation is 2. The highest BCUT2D eigenvalue weighted by atomic mass is 79.9.